The van der Waals surface area contributed by atoms with Crippen molar-refractivity contribution < 1.29 is 10.2 Å². The van der Waals surface area contributed by atoms with Gasteiger partial charge in [-0.3, -0.25) is 5.32 Å². The van der Waals surface area contributed by atoms with Gasteiger partial charge in [-0.25, -0.2) is 0 Å². The molecule has 0 bridgehead atoms. The van der Waals surface area contributed by atoms with Crippen LogP contribution in [0.1, 0.15) is 84.5 Å². The summed E-state index contributed by atoms with van der Waals surface area (Å²) in [5, 5.41) is 22.2. The number of hydrogen-bond donors (Lipinski definition) is 3. The molecule has 0 spiro atoms. The highest BCUT2D eigenvalue weighted by atomic mass is 16.3. The maximum atomic E-state index is 9.77. The summed E-state index contributed by atoms with van der Waals surface area (Å²) < 4.78 is 0. The molecule has 0 rings (SSSR count). The molecule has 0 fully saturated rings. The molecule has 0 radical (unpaired) electrons. The Kier molecular flexibility index (Phi) is 14.2. The van der Waals surface area contributed by atoms with Crippen LogP contribution in [0, 0.1) is 0 Å². The van der Waals surface area contributed by atoms with Gasteiger partial charge in [0.05, 0.1) is 6.10 Å². The van der Waals surface area contributed by atoms with Gasteiger partial charge in [-0.1, -0.05) is 71.6 Å². The van der Waals surface area contributed by atoms with Crippen LogP contribution in [0.2, 0.25) is 0 Å². The van der Waals surface area contributed by atoms with Crippen LogP contribution in [0.25, 0.3) is 0 Å². The first-order valence-electron chi connectivity index (χ1n) is 8.30. The van der Waals surface area contributed by atoms with Crippen LogP contribution < -0.4 is 5.32 Å². The summed E-state index contributed by atoms with van der Waals surface area (Å²) in [5.74, 6) is 0. The molecule has 0 aromatic rings. The standard InChI is InChI=1S/C16H35NO2/c1-3-5-6-7-8-9-10-11-13-15(18)14-17-16(19)12-4-2/h15-19H,3-14H2,1-2H3. The van der Waals surface area contributed by atoms with Gasteiger partial charge in [0.15, 0.2) is 0 Å². The van der Waals surface area contributed by atoms with Crippen LogP contribution in [0.4, 0.5) is 0 Å². The van der Waals surface area contributed by atoms with E-state index in [0.29, 0.717) is 6.54 Å². The number of aliphatic hydroxyl groups excluding tert-OH is 2. The molecule has 0 saturated carbocycles. The van der Waals surface area contributed by atoms with E-state index in [4.69, 9.17) is 0 Å². The fraction of sp³-hybridized carbons (Fsp3) is 1.00. The number of hydrogen-bond acceptors (Lipinski definition) is 3. The average Bonchev–Trinajstić information content (AvgIpc) is 2.40. The normalized spacial score (nSPS) is 14.5. The molecular weight excluding hydrogens is 238 g/mol. The van der Waals surface area contributed by atoms with E-state index in [1.807, 2.05) is 6.92 Å². The highest BCUT2D eigenvalue weighted by Crippen LogP contribution is 2.10. The molecule has 0 aliphatic heterocycles. The highest BCUT2D eigenvalue weighted by Gasteiger charge is 2.07. The maximum Gasteiger partial charge on any atom is 0.104 e. The predicted octanol–water partition coefficient (Wildman–Crippen LogP) is 3.59. The molecular formula is C16H35NO2. The number of rotatable bonds is 14. The molecule has 3 nitrogen and oxygen atoms in total. The van der Waals surface area contributed by atoms with E-state index < -0.39 is 6.23 Å². The lowest BCUT2D eigenvalue weighted by molar-refractivity contribution is 0.0910. The molecule has 0 aliphatic rings. The Morgan fingerprint density at radius 1 is 0.737 bits per heavy atom. The number of nitrogens with one attached hydrogen (secondary N) is 1. The second kappa shape index (κ2) is 14.3. The van der Waals surface area contributed by atoms with Gasteiger partial charge in [0.2, 0.25) is 0 Å². The maximum absolute atomic E-state index is 9.77. The topological polar surface area (TPSA) is 52.5 Å². The Balaban J connectivity index is 3.22. The van der Waals surface area contributed by atoms with Crippen molar-refractivity contribution in [2.75, 3.05) is 6.54 Å². The van der Waals surface area contributed by atoms with E-state index in [2.05, 4.69) is 12.2 Å². The summed E-state index contributed by atoms with van der Waals surface area (Å²) in [4.78, 5) is 0. The Hall–Kier alpha value is -0.120. The van der Waals surface area contributed by atoms with Crippen molar-refractivity contribution in [1.82, 2.24) is 5.32 Å². The van der Waals surface area contributed by atoms with Crippen LogP contribution in [0.5, 0.6) is 0 Å². The molecule has 116 valence electrons. The lowest BCUT2D eigenvalue weighted by Crippen LogP contribution is -2.35. The van der Waals surface area contributed by atoms with E-state index >= 15 is 0 Å². The molecule has 0 heterocycles. The zero-order valence-electron chi connectivity index (χ0n) is 13.0. The fourth-order valence-corrected chi connectivity index (χ4v) is 2.26. The average molecular weight is 273 g/mol. The van der Waals surface area contributed by atoms with Crippen LogP contribution in [-0.2, 0) is 0 Å². The fourth-order valence-electron chi connectivity index (χ4n) is 2.26. The van der Waals surface area contributed by atoms with E-state index in [0.717, 1.165) is 25.7 Å². The SMILES string of the molecule is CCCCCCCCCCC(O)CNC(O)CCC. The van der Waals surface area contributed by atoms with Gasteiger partial charge >= 0.3 is 0 Å². The third-order valence-corrected chi connectivity index (χ3v) is 3.54. The van der Waals surface area contributed by atoms with Gasteiger partial charge in [0.25, 0.3) is 0 Å². The van der Waals surface area contributed by atoms with Gasteiger partial charge in [-0.05, 0) is 12.8 Å². The van der Waals surface area contributed by atoms with E-state index in [9.17, 15) is 10.2 Å². The van der Waals surface area contributed by atoms with Crippen molar-refractivity contribution >= 4 is 0 Å². The quantitative estimate of drug-likeness (QED) is 0.335. The summed E-state index contributed by atoms with van der Waals surface area (Å²) in [6.45, 7) is 4.80. The van der Waals surface area contributed by atoms with Crippen molar-refractivity contribution in [2.45, 2.75) is 96.8 Å². The summed E-state index contributed by atoms with van der Waals surface area (Å²) in [6.07, 6.45) is 12.2. The van der Waals surface area contributed by atoms with Crippen LogP contribution >= 0.6 is 0 Å². The third kappa shape index (κ3) is 14.1. The van der Waals surface area contributed by atoms with Crippen molar-refractivity contribution in [3.63, 3.8) is 0 Å². The molecule has 3 N–H and O–H groups in total. The van der Waals surface area contributed by atoms with Gasteiger partial charge in [0, 0.05) is 6.54 Å². The number of aliphatic hydroxyl groups is 2. The summed E-state index contributed by atoms with van der Waals surface area (Å²) in [5.41, 5.74) is 0. The van der Waals surface area contributed by atoms with Crippen molar-refractivity contribution in [2.24, 2.45) is 0 Å². The highest BCUT2D eigenvalue weighted by molar-refractivity contribution is 4.62. The Morgan fingerprint density at radius 2 is 1.32 bits per heavy atom. The summed E-state index contributed by atoms with van der Waals surface area (Å²) in [6, 6.07) is 0. The first kappa shape index (κ1) is 18.9. The Morgan fingerprint density at radius 3 is 1.89 bits per heavy atom. The van der Waals surface area contributed by atoms with E-state index in [1.165, 1.54) is 44.9 Å². The Labute approximate surface area is 119 Å². The lowest BCUT2D eigenvalue weighted by atomic mass is 10.1. The molecule has 19 heavy (non-hydrogen) atoms. The van der Waals surface area contributed by atoms with Gasteiger partial charge in [-0.2, -0.15) is 0 Å². The summed E-state index contributed by atoms with van der Waals surface area (Å²) >= 11 is 0. The zero-order chi connectivity index (χ0) is 14.3. The van der Waals surface area contributed by atoms with Crippen LogP contribution in [0.15, 0.2) is 0 Å². The molecule has 0 amide bonds. The minimum absolute atomic E-state index is 0.313. The molecule has 0 aliphatic carbocycles. The minimum Gasteiger partial charge on any atom is -0.392 e. The van der Waals surface area contributed by atoms with E-state index in [-0.39, 0.29) is 6.10 Å². The second-order valence-electron chi connectivity index (χ2n) is 5.63. The van der Waals surface area contributed by atoms with Gasteiger partial charge < -0.3 is 10.2 Å². The van der Waals surface area contributed by atoms with Gasteiger partial charge in [-0.15, -0.1) is 0 Å². The molecule has 3 heteroatoms. The second-order valence-corrected chi connectivity index (χ2v) is 5.63. The largest absolute Gasteiger partial charge is 0.392 e. The van der Waals surface area contributed by atoms with Crippen molar-refractivity contribution in [1.29, 1.82) is 0 Å². The predicted molar refractivity (Wildman–Crippen MR) is 82.2 cm³/mol. The zero-order valence-corrected chi connectivity index (χ0v) is 13.0. The lowest BCUT2D eigenvalue weighted by Gasteiger charge is -2.15. The molecule has 0 aromatic heterocycles. The first-order chi connectivity index (χ1) is 9.20. The monoisotopic (exact) mass is 273 g/mol. The number of unbranched alkanes of at least 4 members (excludes halogenated alkanes) is 7. The van der Waals surface area contributed by atoms with Crippen LogP contribution in [-0.4, -0.2) is 29.1 Å². The third-order valence-electron chi connectivity index (χ3n) is 3.54. The van der Waals surface area contributed by atoms with Crippen molar-refractivity contribution in [3.8, 4) is 0 Å². The van der Waals surface area contributed by atoms with E-state index in [1.54, 1.807) is 0 Å². The molecule has 2 unspecified atom stereocenters. The van der Waals surface area contributed by atoms with Gasteiger partial charge in [0.1, 0.15) is 6.23 Å². The summed E-state index contributed by atoms with van der Waals surface area (Å²) in [7, 11) is 0. The molecule has 0 saturated heterocycles. The molecule has 0 aromatic carbocycles. The molecule has 2 atom stereocenters. The minimum atomic E-state index is -0.460. The Bertz CT molecular complexity index is 176. The smallest absolute Gasteiger partial charge is 0.104 e. The van der Waals surface area contributed by atoms with Crippen molar-refractivity contribution in [3.05, 3.63) is 0 Å². The van der Waals surface area contributed by atoms with Crippen LogP contribution in [0.3, 0.4) is 0 Å². The first-order valence-corrected chi connectivity index (χ1v) is 8.30.